The van der Waals surface area contributed by atoms with E-state index in [0.29, 0.717) is 5.92 Å². The average molecular weight is 271 g/mol. The zero-order valence-corrected chi connectivity index (χ0v) is 12.5. The van der Waals surface area contributed by atoms with Crippen molar-refractivity contribution in [1.29, 1.82) is 0 Å². The number of aryl methyl sites for hydroxylation is 1. The van der Waals surface area contributed by atoms with Gasteiger partial charge < -0.3 is 0 Å². The van der Waals surface area contributed by atoms with Gasteiger partial charge in [0.2, 0.25) is 0 Å². The Bertz CT molecular complexity index is 478. The summed E-state index contributed by atoms with van der Waals surface area (Å²) in [4.78, 5) is 5.40. The second-order valence-electron chi connectivity index (χ2n) is 4.83. The van der Waals surface area contributed by atoms with E-state index in [-0.39, 0.29) is 0 Å². The van der Waals surface area contributed by atoms with Gasteiger partial charge in [-0.15, -0.1) is 11.8 Å². The topological polar surface area (TPSA) is 12.9 Å². The van der Waals surface area contributed by atoms with Gasteiger partial charge in [-0.3, -0.25) is 4.98 Å². The van der Waals surface area contributed by atoms with Gasteiger partial charge >= 0.3 is 0 Å². The maximum Gasteiger partial charge on any atom is 0.0270 e. The molecule has 19 heavy (non-hydrogen) atoms. The van der Waals surface area contributed by atoms with Crippen molar-refractivity contribution < 1.29 is 0 Å². The lowest BCUT2D eigenvalue weighted by molar-refractivity contribution is 0.733. The van der Waals surface area contributed by atoms with Crippen LogP contribution in [0.15, 0.2) is 53.7 Å². The minimum absolute atomic E-state index is 0.663. The summed E-state index contributed by atoms with van der Waals surface area (Å²) in [7, 11) is 0. The summed E-state index contributed by atoms with van der Waals surface area (Å²) in [5.41, 5.74) is 2.81. The number of benzene rings is 1. The van der Waals surface area contributed by atoms with E-state index in [0.717, 1.165) is 12.2 Å². The Hall–Kier alpha value is -1.28. The monoisotopic (exact) mass is 271 g/mol. The van der Waals surface area contributed by atoms with Gasteiger partial charge in [-0.25, -0.2) is 0 Å². The molecule has 100 valence electrons. The summed E-state index contributed by atoms with van der Waals surface area (Å²) in [6.07, 6.45) is 6.02. The molecule has 0 spiro atoms. The number of rotatable bonds is 6. The molecule has 2 aromatic rings. The number of aromatic nitrogens is 1. The Balaban J connectivity index is 1.83. The van der Waals surface area contributed by atoms with Gasteiger partial charge in [0.05, 0.1) is 0 Å². The number of hydrogen-bond acceptors (Lipinski definition) is 2. The molecule has 0 saturated heterocycles. The SMILES string of the molecule is CC[C@@H](C)c1ccc(SCCc2ccncc2)cc1. The summed E-state index contributed by atoms with van der Waals surface area (Å²) in [6.45, 7) is 4.52. The van der Waals surface area contributed by atoms with Crippen LogP contribution in [-0.4, -0.2) is 10.7 Å². The van der Waals surface area contributed by atoms with E-state index in [1.165, 1.54) is 22.4 Å². The van der Waals surface area contributed by atoms with Gasteiger partial charge in [0.25, 0.3) is 0 Å². The van der Waals surface area contributed by atoms with Crippen LogP contribution in [0.3, 0.4) is 0 Å². The molecule has 0 fully saturated rings. The fourth-order valence-electron chi connectivity index (χ4n) is 1.96. The molecule has 1 atom stereocenters. The molecule has 0 aliphatic heterocycles. The van der Waals surface area contributed by atoms with E-state index in [1.54, 1.807) is 0 Å². The molecule has 1 aromatic heterocycles. The van der Waals surface area contributed by atoms with E-state index in [1.807, 2.05) is 24.2 Å². The molecule has 0 unspecified atom stereocenters. The van der Waals surface area contributed by atoms with Gasteiger partial charge in [-0.05, 0) is 54.2 Å². The minimum atomic E-state index is 0.663. The molecule has 1 aromatic carbocycles. The van der Waals surface area contributed by atoms with Crippen LogP contribution in [0.4, 0.5) is 0 Å². The lowest BCUT2D eigenvalue weighted by atomic mass is 9.99. The zero-order chi connectivity index (χ0) is 13.5. The summed E-state index contributed by atoms with van der Waals surface area (Å²) in [6, 6.07) is 13.2. The number of pyridine rings is 1. The van der Waals surface area contributed by atoms with Crippen LogP contribution in [0.25, 0.3) is 0 Å². The molecule has 0 radical (unpaired) electrons. The predicted molar refractivity (Wildman–Crippen MR) is 83.8 cm³/mol. The molecule has 0 amide bonds. The minimum Gasteiger partial charge on any atom is -0.265 e. The third-order valence-electron chi connectivity index (χ3n) is 3.47. The van der Waals surface area contributed by atoms with Crippen molar-refractivity contribution >= 4 is 11.8 Å². The summed E-state index contributed by atoms with van der Waals surface area (Å²) >= 11 is 1.92. The first-order chi connectivity index (χ1) is 9.29. The maximum absolute atomic E-state index is 4.04. The Morgan fingerprint density at radius 1 is 1.05 bits per heavy atom. The Morgan fingerprint density at radius 2 is 1.74 bits per heavy atom. The lowest BCUT2D eigenvalue weighted by Gasteiger charge is -2.09. The molecule has 0 saturated carbocycles. The normalized spacial score (nSPS) is 12.3. The predicted octanol–water partition coefficient (Wildman–Crippen LogP) is 4.93. The highest BCUT2D eigenvalue weighted by atomic mass is 32.2. The van der Waals surface area contributed by atoms with Crippen LogP contribution in [-0.2, 0) is 6.42 Å². The largest absolute Gasteiger partial charge is 0.265 e. The fraction of sp³-hybridized carbons (Fsp3) is 0.353. The molecule has 2 heteroatoms. The Labute approximate surface area is 120 Å². The molecule has 0 N–H and O–H groups in total. The van der Waals surface area contributed by atoms with Gasteiger partial charge in [-0.2, -0.15) is 0 Å². The van der Waals surface area contributed by atoms with Gasteiger partial charge in [0.1, 0.15) is 0 Å². The molecular weight excluding hydrogens is 250 g/mol. The van der Waals surface area contributed by atoms with Crippen molar-refractivity contribution in [3.05, 3.63) is 59.9 Å². The molecule has 1 heterocycles. The first-order valence-corrected chi connectivity index (χ1v) is 7.90. The average Bonchev–Trinajstić information content (AvgIpc) is 2.48. The van der Waals surface area contributed by atoms with Gasteiger partial charge in [-0.1, -0.05) is 26.0 Å². The zero-order valence-electron chi connectivity index (χ0n) is 11.7. The Morgan fingerprint density at radius 3 is 2.37 bits per heavy atom. The van der Waals surface area contributed by atoms with Gasteiger partial charge in [0, 0.05) is 23.0 Å². The molecule has 1 nitrogen and oxygen atoms in total. The molecule has 0 aliphatic rings. The van der Waals surface area contributed by atoms with E-state index in [4.69, 9.17) is 0 Å². The standard InChI is InChI=1S/C17H21NS/c1-3-14(2)16-4-6-17(7-5-16)19-13-10-15-8-11-18-12-9-15/h4-9,11-12,14H,3,10,13H2,1-2H3/t14-/m1/s1. The van der Waals surface area contributed by atoms with Crippen LogP contribution >= 0.6 is 11.8 Å². The first-order valence-electron chi connectivity index (χ1n) is 6.91. The fourth-order valence-corrected chi connectivity index (χ4v) is 2.87. The Kier molecular flexibility index (Phi) is 5.46. The van der Waals surface area contributed by atoms with Crippen LogP contribution < -0.4 is 0 Å². The summed E-state index contributed by atoms with van der Waals surface area (Å²) in [5, 5.41) is 0. The first kappa shape index (κ1) is 14.1. The second kappa shape index (κ2) is 7.34. The number of hydrogen-bond donors (Lipinski definition) is 0. The van der Waals surface area contributed by atoms with Crippen LogP contribution in [0.2, 0.25) is 0 Å². The van der Waals surface area contributed by atoms with Crippen LogP contribution in [0.5, 0.6) is 0 Å². The smallest absolute Gasteiger partial charge is 0.0270 e. The summed E-state index contributed by atoms with van der Waals surface area (Å²) < 4.78 is 0. The van der Waals surface area contributed by atoms with Crippen molar-refractivity contribution in [1.82, 2.24) is 4.98 Å². The highest BCUT2D eigenvalue weighted by Gasteiger charge is 2.02. The third kappa shape index (κ3) is 4.39. The molecule has 2 rings (SSSR count). The van der Waals surface area contributed by atoms with E-state index in [2.05, 4.69) is 55.2 Å². The summed E-state index contributed by atoms with van der Waals surface area (Å²) in [5.74, 6) is 1.78. The van der Waals surface area contributed by atoms with E-state index < -0.39 is 0 Å². The third-order valence-corrected chi connectivity index (χ3v) is 4.48. The number of thioether (sulfide) groups is 1. The lowest BCUT2D eigenvalue weighted by Crippen LogP contribution is -1.91. The van der Waals surface area contributed by atoms with E-state index >= 15 is 0 Å². The highest BCUT2D eigenvalue weighted by Crippen LogP contribution is 2.24. The number of nitrogens with zero attached hydrogens (tertiary/aromatic N) is 1. The molecular formula is C17H21NS. The van der Waals surface area contributed by atoms with E-state index in [9.17, 15) is 0 Å². The van der Waals surface area contributed by atoms with Crippen molar-refractivity contribution in [3.63, 3.8) is 0 Å². The molecule has 0 aliphatic carbocycles. The van der Waals surface area contributed by atoms with Crippen molar-refractivity contribution in [2.75, 3.05) is 5.75 Å². The quantitative estimate of drug-likeness (QED) is 0.691. The van der Waals surface area contributed by atoms with Gasteiger partial charge in [0.15, 0.2) is 0 Å². The second-order valence-corrected chi connectivity index (χ2v) is 6.00. The van der Waals surface area contributed by atoms with Crippen molar-refractivity contribution in [2.45, 2.75) is 37.5 Å². The molecule has 0 bridgehead atoms. The van der Waals surface area contributed by atoms with Crippen molar-refractivity contribution in [3.8, 4) is 0 Å². The van der Waals surface area contributed by atoms with Crippen molar-refractivity contribution in [2.24, 2.45) is 0 Å². The maximum atomic E-state index is 4.04. The highest BCUT2D eigenvalue weighted by molar-refractivity contribution is 7.99. The van der Waals surface area contributed by atoms with Crippen LogP contribution in [0, 0.1) is 0 Å². The van der Waals surface area contributed by atoms with Crippen LogP contribution in [0.1, 0.15) is 37.3 Å².